The fraction of sp³-hybridized carbons (Fsp3) is 0.125. The molecule has 0 saturated heterocycles. The molecule has 0 aliphatic heterocycles. The summed E-state index contributed by atoms with van der Waals surface area (Å²) in [6, 6.07) is 17.0. The number of aliphatic hydroxyl groups is 1. The molecular formula is C16H16O2. The summed E-state index contributed by atoms with van der Waals surface area (Å²) in [6.07, 6.45) is 2.66. The molecule has 92 valence electrons. The Labute approximate surface area is 107 Å². The third-order valence-corrected chi connectivity index (χ3v) is 2.76. The topological polar surface area (TPSA) is 40.5 Å². The van der Waals surface area contributed by atoms with E-state index in [1.165, 1.54) is 0 Å². The second kappa shape index (κ2) is 6.03. The number of hydrogen-bond acceptors (Lipinski definition) is 2. The van der Waals surface area contributed by atoms with E-state index in [4.69, 9.17) is 5.11 Å². The average Bonchev–Trinajstić information content (AvgIpc) is 2.40. The molecule has 0 heterocycles. The third-order valence-electron chi connectivity index (χ3n) is 2.76. The molecule has 0 aliphatic carbocycles. The Bertz CT molecular complexity index is 513. The van der Waals surface area contributed by atoms with Gasteiger partial charge in [-0.1, -0.05) is 48.5 Å². The Balaban J connectivity index is 2.33. The van der Waals surface area contributed by atoms with Gasteiger partial charge < -0.3 is 10.2 Å². The Hall–Kier alpha value is -2.06. The van der Waals surface area contributed by atoms with Gasteiger partial charge in [-0.2, -0.15) is 0 Å². The molecule has 0 bridgehead atoms. The molecule has 2 aromatic rings. The molecule has 2 rings (SSSR count). The van der Waals surface area contributed by atoms with Crippen molar-refractivity contribution in [3.8, 4) is 5.75 Å². The lowest BCUT2D eigenvalue weighted by molar-refractivity contribution is 0.305. The normalized spacial score (nSPS) is 11.5. The molecule has 2 aromatic carbocycles. The van der Waals surface area contributed by atoms with Gasteiger partial charge in [0.15, 0.2) is 0 Å². The molecule has 0 radical (unpaired) electrons. The van der Waals surface area contributed by atoms with Crippen molar-refractivity contribution in [3.05, 3.63) is 65.7 Å². The van der Waals surface area contributed by atoms with Crippen molar-refractivity contribution in [1.29, 1.82) is 0 Å². The highest BCUT2D eigenvalue weighted by atomic mass is 16.3. The molecule has 0 saturated carbocycles. The van der Waals surface area contributed by atoms with E-state index < -0.39 is 0 Å². The molecular weight excluding hydrogens is 224 g/mol. The predicted molar refractivity (Wildman–Crippen MR) is 74.1 cm³/mol. The van der Waals surface area contributed by atoms with Gasteiger partial charge in [0, 0.05) is 6.61 Å². The molecule has 2 nitrogen and oxygen atoms in total. The van der Waals surface area contributed by atoms with E-state index in [0.29, 0.717) is 6.42 Å². The van der Waals surface area contributed by atoms with Crippen LogP contribution in [0.25, 0.3) is 11.6 Å². The van der Waals surface area contributed by atoms with Gasteiger partial charge in [-0.25, -0.2) is 0 Å². The molecule has 0 unspecified atom stereocenters. The van der Waals surface area contributed by atoms with Crippen LogP contribution in [-0.2, 0) is 0 Å². The highest BCUT2D eigenvalue weighted by Crippen LogP contribution is 2.23. The molecule has 18 heavy (non-hydrogen) atoms. The smallest absolute Gasteiger partial charge is 0.115 e. The second-order valence-corrected chi connectivity index (χ2v) is 4.10. The van der Waals surface area contributed by atoms with Crippen molar-refractivity contribution >= 4 is 11.6 Å². The molecule has 0 atom stereocenters. The lowest BCUT2D eigenvalue weighted by atomic mass is 10.00. The maximum Gasteiger partial charge on any atom is 0.115 e. The molecule has 2 N–H and O–H groups in total. The maximum absolute atomic E-state index is 9.29. The van der Waals surface area contributed by atoms with Crippen LogP contribution in [0.2, 0.25) is 0 Å². The van der Waals surface area contributed by atoms with Crippen LogP contribution in [0.15, 0.2) is 54.6 Å². The van der Waals surface area contributed by atoms with E-state index in [1.807, 2.05) is 42.5 Å². The standard InChI is InChI=1S/C16H16O2/c17-11-10-15(12-13-4-2-1-3-5-13)14-6-8-16(18)9-7-14/h1-9,12,17-18H,10-11H2. The summed E-state index contributed by atoms with van der Waals surface area (Å²) in [5.41, 5.74) is 3.18. The van der Waals surface area contributed by atoms with Gasteiger partial charge in [0.1, 0.15) is 5.75 Å². The summed E-state index contributed by atoms with van der Waals surface area (Å²) in [4.78, 5) is 0. The van der Waals surface area contributed by atoms with Crippen LogP contribution in [0.3, 0.4) is 0 Å². The summed E-state index contributed by atoms with van der Waals surface area (Å²) >= 11 is 0. The van der Waals surface area contributed by atoms with Crippen molar-refractivity contribution in [2.24, 2.45) is 0 Å². The summed E-state index contributed by atoms with van der Waals surface area (Å²) < 4.78 is 0. The van der Waals surface area contributed by atoms with Gasteiger partial charge in [0.05, 0.1) is 0 Å². The quantitative estimate of drug-likeness (QED) is 0.805. The summed E-state index contributed by atoms with van der Waals surface area (Å²) in [5, 5.41) is 18.4. The summed E-state index contributed by atoms with van der Waals surface area (Å²) in [7, 11) is 0. The minimum Gasteiger partial charge on any atom is -0.508 e. The predicted octanol–water partition coefficient (Wildman–Crippen LogP) is 3.32. The zero-order valence-corrected chi connectivity index (χ0v) is 10.1. The first kappa shape index (κ1) is 12.4. The number of phenolic OH excluding ortho intramolecular Hbond substituents is 1. The maximum atomic E-state index is 9.29. The van der Waals surface area contributed by atoms with Crippen molar-refractivity contribution in [2.75, 3.05) is 6.61 Å². The van der Waals surface area contributed by atoms with E-state index in [0.717, 1.165) is 16.7 Å². The zero-order valence-electron chi connectivity index (χ0n) is 10.1. The zero-order chi connectivity index (χ0) is 12.8. The number of phenols is 1. The van der Waals surface area contributed by atoms with Crippen molar-refractivity contribution in [2.45, 2.75) is 6.42 Å². The van der Waals surface area contributed by atoms with Gasteiger partial charge in [-0.3, -0.25) is 0 Å². The molecule has 0 fully saturated rings. The minimum absolute atomic E-state index is 0.111. The Morgan fingerprint density at radius 1 is 0.944 bits per heavy atom. The van der Waals surface area contributed by atoms with Gasteiger partial charge in [0.2, 0.25) is 0 Å². The van der Waals surface area contributed by atoms with E-state index in [2.05, 4.69) is 6.08 Å². The Morgan fingerprint density at radius 3 is 2.22 bits per heavy atom. The fourth-order valence-corrected chi connectivity index (χ4v) is 1.85. The highest BCUT2D eigenvalue weighted by Gasteiger charge is 2.01. The fourth-order valence-electron chi connectivity index (χ4n) is 1.85. The number of aliphatic hydroxyl groups excluding tert-OH is 1. The van der Waals surface area contributed by atoms with Crippen LogP contribution in [0, 0.1) is 0 Å². The van der Waals surface area contributed by atoms with Crippen molar-refractivity contribution < 1.29 is 10.2 Å². The van der Waals surface area contributed by atoms with Gasteiger partial charge in [-0.15, -0.1) is 0 Å². The SMILES string of the molecule is OCCC(=Cc1ccccc1)c1ccc(O)cc1. The molecule has 0 aliphatic rings. The lowest BCUT2D eigenvalue weighted by Gasteiger charge is -2.07. The van der Waals surface area contributed by atoms with Crippen LogP contribution in [0.4, 0.5) is 0 Å². The van der Waals surface area contributed by atoms with Crippen molar-refractivity contribution in [1.82, 2.24) is 0 Å². The minimum atomic E-state index is 0.111. The van der Waals surface area contributed by atoms with Gasteiger partial charge in [-0.05, 0) is 35.3 Å². The van der Waals surface area contributed by atoms with Crippen LogP contribution in [0.1, 0.15) is 17.5 Å². The number of hydrogen-bond donors (Lipinski definition) is 2. The van der Waals surface area contributed by atoms with Crippen LogP contribution < -0.4 is 0 Å². The summed E-state index contributed by atoms with van der Waals surface area (Å²) in [5.74, 6) is 0.252. The second-order valence-electron chi connectivity index (χ2n) is 4.10. The largest absolute Gasteiger partial charge is 0.508 e. The Kier molecular flexibility index (Phi) is 4.15. The van der Waals surface area contributed by atoms with Gasteiger partial charge >= 0.3 is 0 Å². The lowest BCUT2D eigenvalue weighted by Crippen LogP contribution is -1.89. The van der Waals surface area contributed by atoms with Crippen molar-refractivity contribution in [3.63, 3.8) is 0 Å². The molecule has 0 amide bonds. The van der Waals surface area contributed by atoms with E-state index in [-0.39, 0.29) is 12.4 Å². The molecule has 2 heteroatoms. The first-order chi connectivity index (χ1) is 8.79. The Morgan fingerprint density at radius 2 is 1.61 bits per heavy atom. The van der Waals surface area contributed by atoms with Gasteiger partial charge in [0.25, 0.3) is 0 Å². The third kappa shape index (κ3) is 3.22. The van der Waals surface area contributed by atoms with Crippen LogP contribution >= 0.6 is 0 Å². The van der Waals surface area contributed by atoms with Crippen LogP contribution in [-0.4, -0.2) is 16.8 Å². The average molecular weight is 240 g/mol. The monoisotopic (exact) mass is 240 g/mol. The molecule has 0 aromatic heterocycles. The van der Waals surface area contributed by atoms with E-state index in [9.17, 15) is 5.11 Å². The van der Waals surface area contributed by atoms with E-state index in [1.54, 1.807) is 12.1 Å². The first-order valence-electron chi connectivity index (χ1n) is 5.95. The number of benzene rings is 2. The first-order valence-corrected chi connectivity index (χ1v) is 5.95. The summed E-state index contributed by atoms with van der Waals surface area (Å²) in [6.45, 7) is 0.111. The van der Waals surface area contributed by atoms with E-state index >= 15 is 0 Å². The molecule has 0 spiro atoms. The van der Waals surface area contributed by atoms with Crippen LogP contribution in [0.5, 0.6) is 5.75 Å². The highest BCUT2D eigenvalue weighted by molar-refractivity contribution is 5.81. The number of rotatable bonds is 4. The number of aromatic hydroxyl groups is 1.